The number of nitrogens with zero attached hydrogens (tertiary/aromatic N) is 2. The number of benzene rings is 2. The van der Waals surface area contributed by atoms with E-state index < -0.39 is 10.0 Å². The van der Waals surface area contributed by atoms with Crippen LogP contribution in [0, 0.1) is 0 Å². The predicted molar refractivity (Wildman–Crippen MR) is 103 cm³/mol. The number of amides is 1. The number of likely N-dealkylation sites (tertiary alicyclic amines) is 1. The maximum Gasteiger partial charge on any atom is 0.264 e. The number of piperidine rings is 1. The van der Waals surface area contributed by atoms with Crippen molar-refractivity contribution < 1.29 is 13.2 Å². The summed E-state index contributed by atoms with van der Waals surface area (Å²) in [6.45, 7) is 1.14. The van der Waals surface area contributed by atoms with Gasteiger partial charge in [-0.3, -0.25) is 9.10 Å². The summed E-state index contributed by atoms with van der Waals surface area (Å²) in [6, 6.07) is 14.6. The summed E-state index contributed by atoms with van der Waals surface area (Å²) in [5.74, 6) is -0.181. The summed E-state index contributed by atoms with van der Waals surface area (Å²) < 4.78 is 27.5. The Hall–Kier alpha value is -2.05. The van der Waals surface area contributed by atoms with Crippen LogP contribution in [0.1, 0.15) is 19.3 Å². The molecular weight excluding hydrogens is 372 g/mol. The lowest BCUT2D eigenvalue weighted by atomic mass is 10.1. The Morgan fingerprint density at radius 2 is 1.58 bits per heavy atom. The summed E-state index contributed by atoms with van der Waals surface area (Å²) in [7, 11) is -3.86. The van der Waals surface area contributed by atoms with Gasteiger partial charge in [0.25, 0.3) is 10.0 Å². The number of halogens is 1. The molecule has 1 fully saturated rings. The molecule has 2 aromatic rings. The first-order chi connectivity index (χ1) is 12.5. The number of sulfonamides is 1. The average Bonchev–Trinajstić information content (AvgIpc) is 2.68. The van der Waals surface area contributed by atoms with Crippen molar-refractivity contribution in [1.29, 1.82) is 0 Å². The first-order valence-corrected chi connectivity index (χ1v) is 10.4. The van der Waals surface area contributed by atoms with Crippen LogP contribution in [0.15, 0.2) is 59.5 Å². The Labute approximate surface area is 159 Å². The molecule has 0 aromatic heterocycles. The summed E-state index contributed by atoms with van der Waals surface area (Å²) in [5, 5.41) is 0.508. The number of hydrogen-bond acceptors (Lipinski definition) is 3. The fraction of sp³-hybridized carbons (Fsp3) is 0.316. The molecule has 5 nitrogen and oxygen atoms in total. The first-order valence-electron chi connectivity index (χ1n) is 8.59. The van der Waals surface area contributed by atoms with E-state index in [0.717, 1.165) is 23.6 Å². The summed E-state index contributed by atoms with van der Waals surface area (Å²) in [4.78, 5) is 14.6. The Morgan fingerprint density at radius 1 is 0.962 bits per heavy atom. The van der Waals surface area contributed by atoms with Crippen LogP contribution in [0.25, 0.3) is 0 Å². The van der Waals surface area contributed by atoms with Crippen molar-refractivity contribution in [3.63, 3.8) is 0 Å². The second-order valence-electron chi connectivity index (χ2n) is 6.24. The zero-order valence-electron chi connectivity index (χ0n) is 14.3. The van der Waals surface area contributed by atoms with Crippen LogP contribution in [0.5, 0.6) is 0 Å². The molecule has 7 heteroatoms. The fourth-order valence-corrected chi connectivity index (χ4v) is 4.57. The zero-order chi connectivity index (χ0) is 18.6. The Kier molecular flexibility index (Phi) is 5.84. The molecule has 0 saturated carbocycles. The number of hydrogen-bond donors (Lipinski definition) is 0. The van der Waals surface area contributed by atoms with E-state index in [1.165, 1.54) is 12.1 Å². The molecule has 0 bridgehead atoms. The lowest BCUT2D eigenvalue weighted by Gasteiger charge is -2.30. The SMILES string of the molecule is O=C(CN(c1ccc(Cl)cc1)S(=O)(=O)c1ccccc1)N1CCCCC1. The van der Waals surface area contributed by atoms with Gasteiger partial charge in [-0.15, -0.1) is 0 Å². The second-order valence-corrected chi connectivity index (χ2v) is 8.54. The molecule has 138 valence electrons. The summed E-state index contributed by atoms with van der Waals surface area (Å²) in [6.07, 6.45) is 3.02. The van der Waals surface area contributed by atoms with Crippen LogP contribution >= 0.6 is 11.6 Å². The van der Waals surface area contributed by atoms with Gasteiger partial charge in [0.05, 0.1) is 10.6 Å². The quantitative estimate of drug-likeness (QED) is 0.781. The molecule has 0 atom stereocenters. The third kappa shape index (κ3) is 4.19. The van der Waals surface area contributed by atoms with Crippen LogP contribution in [-0.2, 0) is 14.8 Å². The highest BCUT2D eigenvalue weighted by atomic mass is 35.5. The van der Waals surface area contributed by atoms with Gasteiger partial charge in [-0.2, -0.15) is 0 Å². The van der Waals surface area contributed by atoms with Crippen molar-refractivity contribution in [3.05, 3.63) is 59.6 Å². The normalized spacial score (nSPS) is 14.9. The van der Waals surface area contributed by atoms with Gasteiger partial charge < -0.3 is 4.90 Å². The molecule has 2 aromatic carbocycles. The van der Waals surface area contributed by atoms with E-state index in [-0.39, 0.29) is 17.3 Å². The highest BCUT2D eigenvalue weighted by Crippen LogP contribution is 2.25. The van der Waals surface area contributed by atoms with Crippen molar-refractivity contribution in [2.75, 3.05) is 23.9 Å². The van der Waals surface area contributed by atoms with Crippen molar-refractivity contribution in [1.82, 2.24) is 4.90 Å². The largest absolute Gasteiger partial charge is 0.341 e. The van der Waals surface area contributed by atoms with E-state index in [1.54, 1.807) is 47.4 Å². The smallest absolute Gasteiger partial charge is 0.264 e. The molecule has 3 rings (SSSR count). The average molecular weight is 393 g/mol. The standard InChI is InChI=1S/C19H21ClN2O3S/c20-16-9-11-17(12-10-16)22(15-19(23)21-13-5-2-6-14-21)26(24,25)18-7-3-1-4-8-18/h1,3-4,7-12H,2,5-6,13-15H2. The molecule has 0 N–H and O–H groups in total. The fourth-order valence-electron chi connectivity index (χ4n) is 3.01. The maximum atomic E-state index is 13.2. The lowest BCUT2D eigenvalue weighted by molar-refractivity contribution is -0.130. The molecule has 1 amide bonds. The topological polar surface area (TPSA) is 57.7 Å². The third-order valence-electron chi connectivity index (χ3n) is 4.43. The molecule has 0 unspecified atom stereocenters. The van der Waals surface area contributed by atoms with Crippen molar-refractivity contribution in [2.45, 2.75) is 24.2 Å². The molecule has 0 aliphatic carbocycles. The van der Waals surface area contributed by atoms with Crippen LogP contribution in [0.3, 0.4) is 0 Å². The van der Waals surface area contributed by atoms with E-state index in [9.17, 15) is 13.2 Å². The first kappa shape index (κ1) is 18.7. The molecule has 0 radical (unpaired) electrons. The number of anilines is 1. The zero-order valence-corrected chi connectivity index (χ0v) is 15.9. The van der Waals surface area contributed by atoms with Gasteiger partial charge in [0.15, 0.2) is 0 Å². The Morgan fingerprint density at radius 3 is 2.19 bits per heavy atom. The van der Waals surface area contributed by atoms with Crippen molar-refractivity contribution >= 4 is 33.2 Å². The van der Waals surface area contributed by atoms with E-state index >= 15 is 0 Å². The minimum atomic E-state index is -3.86. The van der Waals surface area contributed by atoms with E-state index in [4.69, 9.17) is 11.6 Å². The van der Waals surface area contributed by atoms with E-state index in [2.05, 4.69) is 0 Å². The van der Waals surface area contributed by atoms with E-state index in [0.29, 0.717) is 23.8 Å². The van der Waals surface area contributed by atoms with Gasteiger partial charge in [-0.05, 0) is 55.7 Å². The highest BCUT2D eigenvalue weighted by Gasteiger charge is 2.29. The second kappa shape index (κ2) is 8.10. The number of rotatable bonds is 5. The molecule has 1 aliphatic heterocycles. The minimum absolute atomic E-state index is 0.154. The summed E-state index contributed by atoms with van der Waals surface area (Å²) in [5.41, 5.74) is 0.420. The number of carbonyl (C=O) groups excluding carboxylic acids is 1. The van der Waals surface area contributed by atoms with Gasteiger partial charge in [0, 0.05) is 18.1 Å². The third-order valence-corrected chi connectivity index (χ3v) is 6.47. The van der Waals surface area contributed by atoms with Gasteiger partial charge in [-0.1, -0.05) is 29.8 Å². The molecule has 26 heavy (non-hydrogen) atoms. The molecule has 1 saturated heterocycles. The highest BCUT2D eigenvalue weighted by molar-refractivity contribution is 7.92. The van der Waals surface area contributed by atoms with E-state index in [1.807, 2.05) is 0 Å². The molecule has 0 spiro atoms. The van der Waals surface area contributed by atoms with Gasteiger partial charge >= 0.3 is 0 Å². The molecule has 1 heterocycles. The number of carbonyl (C=O) groups is 1. The van der Waals surface area contributed by atoms with Crippen LogP contribution in [-0.4, -0.2) is 38.9 Å². The molecular formula is C19H21ClN2O3S. The predicted octanol–water partition coefficient (Wildman–Crippen LogP) is 3.55. The molecule has 1 aliphatic rings. The van der Waals surface area contributed by atoms with Gasteiger partial charge in [0.1, 0.15) is 6.54 Å². The monoisotopic (exact) mass is 392 g/mol. The maximum absolute atomic E-state index is 13.2. The minimum Gasteiger partial charge on any atom is -0.341 e. The van der Waals surface area contributed by atoms with Crippen LogP contribution in [0.2, 0.25) is 5.02 Å². The van der Waals surface area contributed by atoms with Crippen molar-refractivity contribution in [3.8, 4) is 0 Å². The van der Waals surface area contributed by atoms with Crippen molar-refractivity contribution in [2.24, 2.45) is 0 Å². The lowest BCUT2D eigenvalue weighted by Crippen LogP contribution is -2.44. The summed E-state index contributed by atoms with van der Waals surface area (Å²) >= 11 is 5.93. The van der Waals surface area contributed by atoms with Gasteiger partial charge in [-0.25, -0.2) is 8.42 Å². The van der Waals surface area contributed by atoms with Crippen LogP contribution < -0.4 is 4.31 Å². The van der Waals surface area contributed by atoms with Crippen LogP contribution in [0.4, 0.5) is 5.69 Å². The van der Waals surface area contributed by atoms with Gasteiger partial charge in [0.2, 0.25) is 5.91 Å². The Balaban J connectivity index is 1.94. The Bertz CT molecular complexity index is 848.